The van der Waals surface area contributed by atoms with Crippen LogP contribution in [-0.2, 0) is 6.54 Å². The summed E-state index contributed by atoms with van der Waals surface area (Å²) in [6.07, 6.45) is 4.08. The Morgan fingerprint density at radius 3 is 3.00 bits per heavy atom. The molecule has 1 aromatic heterocycles. The highest BCUT2D eigenvalue weighted by molar-refractivity contribution is 5.47. The Bertz CT molecular complexity index is 710. The molecule has 1 atom stereocenters. The van der Waals surface area contributed by atoms with Crippen LogP contribution < -0.4 is 14.4 Å². The van der Waals surface area contributed by atoms with Gasteiger partial charge in [-0.3, -0.25) is 4.90 Å². The maximum atomic E-state index is 5.85. The Morgan fingerprint density at radius 1 is 1.20 bits per heavy atom. The highest BCUT2D eigenvalue weighted by Crippen LogP contribution is 2.34. The molecule has 4 rings (SSSR count). The number of anilines is 1. The molecule has 0 saturated carbocycles. The molecule has 0 radical (unpaired) electrons. The van der Waals surface area contributed by atoms with E-state index in [0.29, 0.717) is 19.3 Å². The first-order valence-corrected chi connectivity index (χ1v) is 8.91. The van der Waals surface area contributed by atoms with Crippen molar-refractivity contribution in [2.24, 2.45) is 0 Å². The molecule has 1 saturated heterocycles. The van der Waals surface area contributed by atoms with E-state index in [2.05, 4.69) is 33.1 Å². The zero-order valence-electron chi connectivity index (χ0n) is 14.6. The van der Waals surface area contributed by atoms with Gasteiger partial charge in [-0.05, 0) is 38.1 Å². The molecule has 132 valence electrons. The van der Waals surface area contributed by atoms with Gasteiger partial charge in [0.1, 0.15) is 13.2 Å². The lowest BCUT2D eigenvalue weighted by Gasteiger charge is -2.38. The first-order valence-electron chi connectivity index (χ1n) is 8.91. The van der Waals surface area contributed by atoms with Gasteiger partial charge in [-0.2, -0.15) is 5.10 Å². The van der Waals surface area contributed by atoms with E-state index in [0.717, 1.165) is 43.4 Å². The van der Waals surface area contributed by atoms with E-state index in [-0.39, 0.29) is 0 Å². The van der Waals surface area contributed by atoms with Crippen molar-refractivity contribution < 1.29 is 9.47 Å². The number of nitrogens with zero attached hydrogens (tertiary/aromatic N) is 4. The average molecular weight is 340 g/mol. The molecule has 6 heteroatoms. The molecule has 0 unspecified atom stereocenters. The van der Waals surface area contributed by atoms with E-state index in [1.165, 1.54) is 12.0 Å². The van der Waals surface area contributed by atoms with Crippen molar-refractivity contribution in [3.05, 3.63) is 42.1 Å². The van der Waals surface area contributed by atoms with Gasteiger partial charge in [0.15, 0.2) is 17.3 Å². The van der Waals surface area contributed by atoms with Crippen LogP contribution in [0.15, 0.2) is 36.5 Å². The Hall–Kier alpha value is -2.34. The lowest BCUT2D eigenvalue weighted by atomic mass is 10.0. The number of piperidine rings is 1. The number of ether oxygens (including phenoxy) is 2. The Morgan fingerprint density at radius 2 is 2.12 bits per heavy atom. The highest BCUT2D eigenvalue weighted by Gasteiger charge is 2.25. The van der Waals surface area contributed by atoms with Gasteiger partial charge in [0.25, 0.3) is 0 Å². The summed E-state index contributed by atoms with van der Waals surface area (Å²) in [7, 11) is 2.19. The lowest BCUT2D eigenvalue weighted by Crippen LogP contribution is -2.46. The van der Waals surface area contributed by atoms with E-state index < -0.39 is 0 Å². The summed E-state index contributed by atoms with van der Waals surface area (Å²) in [5, 5.41) is 8.27. The molecule has 2 aliphatic rings. The minimum atomic E-state index is 0.483. The maximum absolute atomic E-state index is 5.85. The van der Waals surface area contributed by atoms with Crippen molar-refractivity contribution >= 4 is 5.82 Å². The number of fused-ring (bicyclic) bond motifs is 1. The molecule has 1 aromatic carbocycles. The monoisotopic (exact) mass is 340 g/mol. The van der Waals surface area contributed by atoms with E-state index >= 15 is 0 Å². The zero-order chi connectivity index (χ0) is 17.1. The van der Waals surface area contributed by atoms with Gasteiger partial charge in [0.2, 0.25) is 0 Å². The summed E-state index contributed by atoms with van der Waals surface area (Å²) in [5.74, 6) is 2.73. The molecule has 2 aromatic rings. The summed E-state index contributed by atoms with van der Waals surface area (Å²) in [5.41, 5.74) is 1.19. The fourth-order valence-corrected chi connectivity index (χ4v) is 3.64. The van der Waals surface area contributed by atoms with Crippen molar-refractivity contribution in [1.82, 2.24) is 15.1 Å². The molecule has 0 amide bonds. The van der Waals surface area contributed by atoms with Crippen LogP contribution in [0.4, 0.5) is 5.82 Å². The van der Waals surface area contributed by atoms with Crippen LogP contribution in [0.1, 0.15) is 18.4 Å². The second kappa shape index (κ2) is 7.27. The fourth-order valence-electron chi connectivity index (χ4n) is 3.64. The van der Waals surface area contributed by atoms with Crippen LogP contribution in [0.2, 0.25) is 0 Å². The van der Waals surface area contributed by atoms with Crippen molar-refractivity contribution in [1.29, 1.82) is 0 Å². The minimum absolute atomic E-state index is 0.483. The molecule has 2 aliphatic heterocycles. The van der Waals surface area contributed by atoms with Gasteiger partial charge < -0.3 is 14.4 Å². The van der Waals surface area contributed by atoms with Crippen LogP contribution in [0.25, 0.3) is 0 Å². The second-order valence-corrected chi connectivity index (χ2v) is 6.68. The van der Waals surface area contributed by atoms with Gasteiger partial charge in [-0.15, -0.1) is 5.10 Å². The number of hydrogen-bond acceptors (Lipinski definition) is 6. The minimum Gasteiger partial charge on any atom is -0.486 e. The molecule has 0 spiro atoms. The molecule has 6 nitrogen and oxygen atoms in total. The SMILES string of the molecule is CN(Cc1cccc2c1OCCO2)[C@@H]1CCCN(c2cccnn2)C1. The van der Waals surface area contributed by atoms with Crippen molar-refractivity contribution in [3.63, 3.8) is 0 Å². The van der Waals surface area contributed by atoms with Crippen molar-refractivity contribution in [2.45, 2.75) is 25.4 Å². The third-order valence-corrected chi connectivity index (χ3v) is 4.97. The molecular formula is C19H24N4O2. The van der Waals surface area contributed by atoms with Gasteiger partial charge in [0, 0.05) is 37.4 Å². The number of hydrogen-bond donors (Lipinski definition) is 0. The average Bonchev–Trinajstić information content (AvgIpc) is 2.69. The lowest BCUT2D eigenvalue weighted by molar-refractivity contribution is 0.163. The first kappa shape index (κ1) is 16.1. The van der Waals surface area contributed by atoms with Gasteiger partial charge >= 0.3 is 0 Å². The molecule has 0 bridgehead atoms. The fraction of sp³-hybridized carbons (Fsp3) is 0.474. The topological polar surface area (TPSA) is 50.7 Å². The molecule has 0 aliphatic carbocycles. The van der Waals surface area contributed by atoms with Gasteiger partial charge in [-0.1, -0.05) is 12.1 Å². The number of para-hydroxylation sites is 1. The van der Waals surface area contributed by atoms with E-state index in [1.54, 1.807) is 6.20 Å². The first-order chi connectivity index (χ1) is 12.3. The third-order valence-electron chi connectivity index (χ3n) is 4.97. The number of aromatic nitrogens is 2. The standard InChI is InChI=1S/C19H24N4O2/c1-22(13-15-5-2-7-17-19(15)25-12-11-24-17)16-6-4-10-23(14-16)18-8-3-9-20-21-18/h2-3,5,7-9,16H,4,6,10-14H2,1H3/t16-/m1/s1. The largest absolute Gasteiger partial charge is 0.486 e. The summed E-state index contributed by atoms with van der Waals surface area (Å²) < 4.78 is 11.6. The van der Waals surface area contributed by atoms with Gasteiger partial charge in [0.05, 0.1) is 0 Å². The van der Waals surface area contributed by atoms with Crippen LogP contribution >= 0.6 is 0 Å². The Balaban J connectivity index is 1.45. The Kier molecular flexibility index (Phi) is 4.70. The zero-order valence-corrected chi connectivity index (χ0v) is 14.6. The van der Waals surface area contributed by atoms with Crippen LogP contribution in [-0.4, -0.2) is 54.5 Å². The number of benzene rings is 1. The smallest absolute Gasteiger partial charge is 0.165 e. The molecule has 25 heavy (non-hydrogen) atoms. The summed E-state index contributed by atoms with van der Waals surface area (Å²) in [4.78, 5) is 4.74. The molecular weight excluding hydrogens is 316 g/mol. The van der Waals surface area contributed by atoms with Crippen molar-refractivity contribution in [2.75, 3.05) is 38.3 Å². The Labute approximate surface area is 148 Å². The van der Waals surface area contributed by atoms with E-state index in [4.69, 9.17) is 9.47 Å². The molecule has 3 heterocycles. The predicted molar refractivity (Wildman–Crippen MR) is 96.2 cm³/mol. The van der Waals surface area contributed by atoms with Crippen LogP contribution in [0, 0.1) is 0 Å². The number of rotatable bonds is 4. The highest BCUT2D eigenvalue weighted by atomic mass is 16.6. The van der Waals surface area contributed by atoms with Crippen LogP contribution in [0.3, 0.4) is 0 Å². The van der Waals surface area contributed by atoms with E-state index in [9.17, 15) is 0 Å². The van der Waals surface area contributed by atoms with Crippen molar-refractivity contribution in [3.8, 4) is 11.5 Å². The summed E-state index contributed by atoms with van der Waals surface area (Å²) in [6.45, 7) is 4.12. The maximum Gasteiger partial charge on any atom is 0.165 e. The van der Waals surface area contributed by atoms with E-state index in [1.807, 2.05) is 24.3 Å². The normalized spacial score (nSPS) is 19.9. The van der Waals surface area contributed by atoms with Gasteiger partial charge in [-0.25, -0.2) is 0 Å². The molecule has 0 N–H and O–H groups in total. The number of likely N-dealkylation sites (N-methyl/N-ethyl adjacent to an activating group) is 1. The quantitative estimate of drug-likeness (QED) is 0.852. The van der Waals surface area contributed by atoms with Crippen LogP contribution in [0.5, 0.6) is 11.5 Å². The third kappa shape index (κ3) is 3.54. The molecule has 1 fully saturated rings. The summed E-state index contributed by atoms with van der Waals surface area (Å²) >= 11 is 0. The second-order valence-electron chi connectivity index (χ2n) is 6.68. The predicted octanol–water partition coefficient (Wildman–Crippen LogP) is 2.35. The summed E-state index contributed by atoms with van der Waals surface area (Å²) in [6, 6.07) is 10.6.